The minimum atomic E-state index is -0.433. The lowest BCUT2D eigenvalue weighted by Crippen LogP contribution is -2.08. The van der Waals surface area contributed by atoms with Gasteiger partial charge < -0.3 is 10.6 Å². The molecule has 0 spiro atoms. The smallest absolute Gasteiger partial charge is 0.270 e. The van der Waals surface area contributed by atoms with E-state index >= 15 is 0 Å². The van der Waals surface area contributed by atoms with Crippen molar-refractivity contribution in [2.45, 2.75) is 13.8 Å². The fourth-order valence-corrected chi connectivity index (χ4v) is 1.96. The summed E-state index contributed by atoms with van der Waals surface area (Å²) in [5.74, 6) is 1.01. The molecule has 2 aromatic rings. The van der Waals surface area contributed by atoms with E-state index in [-0.39, 0.29) is 5.69 Å². The van der Waals surface area contributed by atoms with Gasteiger partial charge in [-0.15, -0.1) is 6.58 Å². The number of non-ortho nitro benzene ring substituents is 1. The van der Waals surface area contributed by atoms with Gasteiger partial charge >= 0.3 is 0 Å². The summed E-state index contributed by atoms with van der Waals surface area (Å²) in [6.07, 6.45) is 3.72. The van der Waals surface area contributed by atoms with Crippen LogP contribution in [0.25, 0.3) is 10.9 Å². The highest BCUT2D eigenvalue weighted by Gasteiger charge is 2.12. The zero-order valence-corrected chi connectivity index (χ0v) is 13.2. The second-order valence-electron chi connectivity index (χ2n) is 5.19. The highest BCUT2D eigenvalue weighted by Crippen LogP contribution is 2.26. The number of nitro benzene ring substituents is 1. The van der Waals surface area contributed by atoms with Gasteiger partial charge in [0.25, 0.3) is 5.69 Å². The van der Waals surface area contributed by atoms with Crippen LogP contribution in [0.3, 0.4) is 0 Å². The maximum absolute atomic E-state index is 11.0. The molecule has 0 bridgehead atoms. The van der Waals surface area contributed by atoms with Crippen molar-refractivity contribution < 1.29 is 4.92 Å². The van der Waals surface area contributed by atoms with Gasteiger partial charge in [-0.05, 0) is 19.9 Å². The SMILES string of the molecule is C=CCNc1nc(NCC=C(C)C)nc2ccc([N+](=O)[O-])cc12. The largest absolute Gasteiger partial charge is 0.366 e. The summed E-state index contributed by atoms with van der Waals surface area (Å²) in [5.41, 5.74) is 1.84. The minimum absolute atomic E-state index is 0.00741. The van der Waals surface area contributed by atoms with Crippen LogP contribution in [-0.2, 0) is 0 Å². The highest BCUT2D eigenvalue weighted by molar-refractivity contribution is 5.91. The van der Waals surface area contributed by atoms with Gasteiger partial charge in [0, 0.05) is 30.6 Å². The normalized spacial score (nSPS) is 10.2. The number of fused-ring (bicyclic) bond motifs is 1. The van der Waals surface area contributed by atoms with Crippen LogP contribution in [0.5, 0.6) is 0 Å². The topological polar surface area (TPSA) is 93.0 Å². The molecule has 0 amide bonds. The molecule has 2 N–H and O–H groups in total. The molecule has 0 aliphatic rings. The molecule has 120 valence electrons. The van der Waals surface area contributed by atoms with Crippen molar-refractivity contribution in [3.8, 4) is 0 Å². The lowest BCUT2D eigenvalue weighted by atomic mass is 10.2. The van der Waals surface area contributed by atoms with E-state index in [4.69, 9.17) is 0 Å². The number of anilines is 2. The molecular formula is C16H19N5O2. The Labute approximate surface area is 134 Å². The number of nitrogens with zero attached hydrogens (tertiary/aromatic N) is 3. The van der Waals surface area contributed by atoms with Gasteiger partial charge in [0.15, 0.2) is 0 Å². The van der Waals surface area contributed by atoms with Gasteiger partial charge in [-0.2, -0.15) is 4.98 Å². The second kappa shape index (κ2) is 7.35. The third-order valence-electron chi connectivity index (χ3n) is 3.07. The van der Waals surface area contributed by atoms with Gasteiger partial charge in [-0.3, -0.25) is 10.1 Å². The first-order chi connectivity index (χ1) is 11.0. The van der Waals surface area contributed by atoms with Crippen molar-refractivity contribution in [1.29, 1.82) is 0 Å². The van der Waals surface area contributed by atoms with Crippen LogP contribution in [0.2, 0.25) is 0 Å². The fourth-order valence-electron chi connectivity index (χ4n) is 1.96. The summed E-state index contributed by atoms with van der Waals surface area (Å²) < 4.78 is 0. The molecule has 23 heavy (non-hydrogen) atoms. The summed E-state index contributed by atoms with van der Waals surface area (Å²) in [5, 5.41) is 17.8. The molecule has 1 aromatic heterocycles. The van der Waals surface area contributed by atoms with Gasteiger partial charge in [0.2, 0.25) is 5.95 Å². The van der Waals surface area contributed by atoms with E-state index in [1.54, 1.807) is 12.1 Å². The average Bonchev–Trinajstić information content (AvgIpc) is 2.51. The van der Waals surface area contributed by atoms with Gasteiger partial charge in [0.05, 0.1) is 10.4 Å². The number of rotatable bonds is 7. The predicted octanol–water partition coefficient (Wildman–Crippen LogP) is 3.51. The highest BCUT2D eigenvalue weighted by atomic mass is 16.6. The van der Waals surface area contributed by atoms with Gasteiger partial charge in [-0.25, -0.2) is 4.98 Å². The molecule has 0 unspecified atom stereocenters. The number of hydrogen-bond acceptors (Lipinski definition) is 6. The van der Waals surface area contributed by atoms with Crippen LogP contribution in [0.15, 0.2) is 42.5 Å². The zero-order valence-electron chi connectivity index (χ0n) is 13.2. The third-order valence-corrected chi connectivity index (χ3v) is 3.07. The first-order valence-electron chi connectivity index (χ1n) is 7.19. The molecule has 0 fully saturated rings. The Hall–Kier alpha value is -2.96. The van der Waals surface area contributed by atoms with Crippen molar-refractivity contribution in [1.82, 2.24) is 9.97 Å². The molecule has 0 aliphatic heterocycles. The molecule has 1 heterocycles. The molecule has 0 aliphatic carbocycles. The molecule has 0 saturated carbocycles. The first-order valence-corrected chi connectivity index (χ1v) is 7.19. The molecular weight excluding hydrogens is 294 g/mol. The fraction of sp³-hybridized carbons (Fsp3) is 0.250. The van der Waals surface area contributed by atoms with Crippen LogP contribution >= 0.6 is 0 Å². The van der Waals surface area contributed by atoms with E-state index < -0.39 is 4.92 Å². The van der Waals surface area contributed by atoms with E-state index in [0.29, 0.717) is 35.8 Å². The lowest BCUT2D eigenvalue weighted by Gasteiger charge is -2.10. The number of nitro groups is 1. The lowest BCUT2D eigenvalue weighted by molar-refractivity contribution is -0.384. The van der Waals surface area contributed by atoms with Crippen molar-refractivity contribution >= 4 is 28.4 Å². The number of hydrogen-bond donors (Lipinski definition) is 2. The third kappa shape index (κ3) is 4.26. The van der Waals surface area contributed by atoms with E-state index in [2.05, 4.69) is 27.2 Å². The maximum Gasteiger partial charge on any atom is 0.270 e. The second-order valence-corrected chi connectivity index (χ2v) is 5.19. The average molecular weight is 313 g/mol. The van der Waals surface area contributed by atoms with Crippen molar-refractivity contribution in [2.75, 3.05) is 23.7 Å². The molecule has 0 atom stereocenters. The standard InChI is InChI=1S/C16H19N5O2/c1-4-8-17-15-13-10-12(21(22)23)5-6-14(13)19-16(20-15)18-9-7-11(2)3/h4-7,10H,1,8-9H2,2-3H3,(H2,17,18,19,20). The Morgan fingerprint density at radius 1 is 1.30 bits per heavy atom. The quantitative estimate of drug-likeness (QED) is 0.461. The summed E-state index contributed by atoms with van der Waals surface area (Å²) >= 11 is 0. The molecule has 7 nitrogen and oxygen atoms in total. The monoisotopic (exact) mass is 313 g/mol. The van der Waals surface area contributed by atoms with Crippen LogP contribution in [-0.4, -0.2) is 28.0 Å². The molecule has 7 heteroatoms. The first kappa shape index (κ1) is 16.4. The van der Waals surface area contributed by atoms with Crippen molar-refractivity contribution in [3.63, 3.8) is 0 Å². The molecule has 0 radical (unpaired) electrons. The number of aromatic nitrogens is 2. The maximum atomic E-state index is 11.0. The van der Waals surface area contributed by atoms with Crippen LogP contribution < -0.4 is 10.6 Å². The number of allylic oxidation sites excluding steroid dienone is 1. The molecule has 2 rings (SSSR count). The van der Waals surface area contributed by atoms with E-state index in [0.717, 1.165) is 0 Å². The van der Waals surface area contributed by atoms with Crippen LogP contribution in [0.4, 0.5) is 17.5 Å². The van der Waals surface area contributed by atoms with E-state index in [1.807, 2.05) is 19.9 Å². The molecule has 0 saturated heterocycles. The Morgan fingerprint density at radius 3 is 2.74 bits per heavy atom. The Morgan fingerprint density at radius 2 is 2.09 bits per heavy atom. The van der Waals surface area contributed by atoms with Crippen molar-refractivity contribution in [2.24, 2.45) is 0 Å². The number of nitrogens with one attached hydrogen (secondary N) is 2. The minimum Gasteiger partial charge on any atom is -0.366 e. The number of benzene rings is 1. The van der Waals surface area contributed by atoms with Crippen molar-refractivity contribution in [3.05, 3.63) is 52.6 Å². The zero-order chi connectivity index (χ0) is 16.8. The van der Waals surface area contributed by atoms with Gasteiger partial charge in [0.1, 0.15) is 5.82 Å². The molecule has 1 aromatic carbocycles. The van der Waals surface area contributed by atoms with E-state index in [1.165, 1.54) is 17.7 Å². The summed E-state index contributed by atoms with van der Waals surface area (Å²) in [4.78, 5) is 19.3. The Balaban J connectivity index is 2.43. The van der Waals surface area contributed by atoms with E-state index in [9.17, 15) is 10.1 Å². The summed E-state index contributed by atoms with van der Waals surface area (Å²) in [6, 6.07) is 4.54. The summed E-state index contributed by atoms with van der Waals surface area (Å²) in [6.45, 7) is 8.80. The van der Waals surface area contributed by atoms with Gasteiger partial charge in [-0.1, -0.05) is 17.7 Å². The van der Waals surface area contributed by atoms with Crippen LogP contribution in [0.1, 0.15) is 13.8 Å². The summed E-state index contributed by atoms with van der Waals surface area (Å²) in [7, 11) is 0. The Bertz CT molecular complexity index is 766. The Kier molecular flexibility index (Phi) is 5.24. The van der Waals surface area contributed by atoms with Crippen LogP contribution in [0, 0.1) is 10.1 Å². The predicted molar refractivity (Wildman–Crippen MR) is 92.8 cm³/mol.